The van der Waals surface area contributed by atoms with E-state index < -0.39 is 28.5 Å². The Bertz CT molecular complexity index is 1710. The van der Waals surface area contributed by atoms with Gasteiger partial charge in [0.2, 0.25) is 11.8 Å². The number of carbonyl (C=O) groups excluding carboxylic acids is 2. The monoisotopic (exact) mass is 651 g/mol. The first-order valence-corrected chi connectivity index (χ1v) is 16.4. The Labute approximate surface area is 269 Å². The minimum Gasteiger partial charge on any atom is -0.355 e. The Kier molecular flexibility index (Phi) is 11.1. The first-order chi connectivity index (χ1) is 21.0. The summed E-state index contributed by atoms with van der Waals surface area (Å²) in [6, 6.07) is 26.8. The summed E-state index contributed by atoms with van der Waals surface area (Å²) < 4.78 is 29.4. The van der Waals surface area contributed by atoms with E-state index in [2.05, 4.69) is 5.32 Å². The molecule has 0 aliphatic carbocycles. The number of nitrogens with zero attached hydrogens (tertiary/aromatic N) is 2. The molecule has 10 heteroatoms. The van der Waals surface area contributed by atoms with Crippen molar-refractivity contribution in [1.82, 2.24) is 10.2 Å². The van der Waals surface area contributed by atoms with E-state index in [0.29, 0.717) is 27.7 Å². The second-order valence-electron chi connectivity index (χ2n) is 10.4. The average Bonchev–Trinajstić information content (AvgIpc) is 3.01. The SMILES string of the molecule is CCNC(=O)[C@H](Cc1ccccc1)N(Cc1ccccc1Cl)C(=O)CN(c1cccc(Cl)c1C)S(=O)(=O)c1ccc(C)cc1. The third-order valence-corrected chi connectivity index (χ3v) is 9.87. The highest BCUT2D eigenvalue weighted by Gasteiger charge is 2.35. The maximum Gasteiger partial charge on any atom is 0.264 e. The molecule has 1 atom stereocenters. The van der Waals surface area contributed by atoms with Crippen molar-refractivity contribution in [3.05, 3.63) is 129 Å². The average molecular weight is 653 g/mol. The quantitative estimate of drug-likeness (QED) is 0.187. The number of amides is 2. The van der Waals surface area contributed by atoms with Crippen molar-refractivity contribution in [1.29, 1.82) is 0 Å². The first-order valence-electron chi connectivity index (χ1n) is 14.2. The van der Waals surface area contributed by atoms with Gasteiger partial charge in [0.05, 0.1) is 10.6 Å². The summed E-state index contributed by atoms with van der Waals surface area (Å²) in [5.41, 5.74) is 3.12. The van der Waals surface area contributed by atoms with E-state index in [1.54, 1.807) is 68.4 Å². The lowest BCUT2D eigenvalue weighted by Gasteiger charge is -2.34. The number of hydrogen-bond donors (Lipinski definition) is 1. The number of hydrogen-bond acceptors (Lipinski definition) is 4. The molecular weight excluding hydrogens is 617 g/mol. The van der Waals surface area contributed by atoms with Crippen LogP contribution in [0.2, 0.25) is 10.0 Å². The Morgan fingerprint density at radius 3 is 2.11 bits per heavy atom. The molecule has 2 amide bonds. The maximum atomic E-state index is 14.5. The summed E-state index contributed by atoms with van der Waals surface area (Å²) in [7, 11) is -4.23. The van der Waals surface area contributed by atoms with Crippen molar-refractivity contribution in [3.8, 4) is 0 Å². The topological polar surface area (TPSA) is 86.8 Å². The van der Waals surface area contributed by atoms with Gasteiger partial charge in [0.15, 0.2) is 0 Å². The highest BCUT2D eigenvalue weighted by Crippen LogP contribution is 2.31. The van der Waals surface area contributed by atoms with Gasteiger partial charge in [-0.2, -0.15) is 0 Å². The van der Waals surface area contributed by atoms with Gasteiger partial charge in [-0.15, -0.1) is 0 Å². The Balaban J connectivity index is 1.84. The highest BCUT2D eigenvalue weighted by atomic mass is 35.5. The molecule has 7 nitrogen and oxygen atoms in total. The zero-order chi connectivity index (χ0) is 31.9. The van der Waals surface area contributed by atoms with Crippen molar-refractivity contribution in [2.75, 3.05) is 17.4 Å². The molecule has 0 aliphatic heterocycles. The minimum absolute atomic E-state index is 0.0138. The zero-order valence-corrected chi connectivity index (χ0v) is 27.2. The van der Waals surface area contributed by atoms with Gasteiger partial charge in [0, 0.05) is 29.6 Å². The van der Waals surface area contributed by atoms with Crippen molar-refractivity contribution in [3.63, 3.8) is 0 Å². The van der Waals surface area contributed by atoms with E-state index in [4.69, 9.17) is 23.2 Å². The fourth-order valence-corrected chi connectivity index (χ4v) is 6.71. The molecule has 230 valence electrons. The molecule has 4 aromatic carbocycles. The summed E-state index contributed by atoms with van der Waals surface area (Å²) in [6.45, 7) is 5.13. The van der Waals surface area contributed by atoms with Gasteiger partial charge in [-0.05, 0) is 67.8 Å². The fraction of sp³-hybridized carbons (Fsp3) is 0.235. The Hall–Kier alpha value is -3.85. The van der Waals surface area contributed by atoms with Crippen molar-refractivity contribution >= 4 is 50.7 Å². The molecule has 0 aromatic heterocycles. The van der Waals surface area contributed by atoms with Crippen LogP contribution in [0.1, 0.15) is 29.2 Å². The summed E-state index contributed by atoms with van der Waals surface area (Å²) in [4.78, 5) is 29.5. The largest absolute Gasteiger partial charge is 0.355 e. The highest BCUT2D eigenvalue weighted by molar-refractivity contribution is 7.92. The molecule has 0 aliphatic rings. The summed E-state index contributed by atoms with van der Waals surface area (Å²) in [5, 5.41) is 3.63. The first kappa shape index (κ1) is 33.1. The van der Waals surface area contributed by atoms with Gasteiger partial charge >= 0.3 is 0 Å². The lowest BCUT2D eigenvalue weighted by Crippen LogP contribution is -2.53. The van der Waals surface area contributed by atoms with E-state index in [1.807, 2.05) is 37.3 Å². The molecule has 0 saturated carbocycles. The molecule has 0 heterocycles. The second kappa shape index (κ2) is 14.8. The van der Waals surface area contributed by atoms with Crippen LogP contribution < -0.4 is 9.62 Å². The van der Waals surface area contributed by atoms with E-state index in [1.165, 1.54) is 17.0 Å². The molecule has 4 rings (SSSR count). The molecule has 0 saturated heterocycles. The number of carbonyl (C=O) groups is 2. The van der Waals surface area contributed by atoms with Crippen LogP contribution in [0.5, 0.6) is 0 Å². The second-order valence-corrected chi connectivity index (χ2v) is 13.1. The van der Waals surface area contributed by atoms with Gasteiger partial charge in [-0.3, -0.25) is 13.9 Å². The maximum absolute atomic E-state index is 14.5. The number of anilines is 1. The number of rotatable bonds is 12. The molecular formula is C34H35Cl2N3O4S. The van der Waals surface area contributed by atoms with Crippen molar-refractivity contribution in [2.45, 2.75) is 44.7 Å². The van der Waals surface area contributed by atoms with Gasteiger partial charge in [-0.1, -0.05) is 95.5 Å². The lowest BCUT2D eigenvalue weighted by atomic mass is 10.0. The van der Waals surface area contributed by atoms with E-state index in [0.717, 1.165) is 15.4 Å². The van der Waals surface area contributed by atoms with Crippen LogP contribution in [0.3, 0.4) is 0 Å². The van der Waals surface area contributed by atoms with Crippen LogP contribution in [0.4, 0.5) is 5.69 Å². The van der Waals surface area contributed by atoms with Crippen LogP contribution in [-0.2, 0) is 32.6 Å². The number of benzene rings is 4. The summed E-state index contributed by atoms with van der Waals surface area (Å²) >= 11 is 13.0. The van der Waals surface area contributed by atoms with Crippen LogP contribution in [0.25, 0.3) is 0 Å². The summed E-state index contributed by atoms with van der Waals surface area (Å²) in [5.74, 6) is -0.934. The standard InChI is InChI=1S/C34H35Cl2N3O4S/c1-4-37-34(41)32(21-26-11-6-5-7-12-26)38(22-27-13-8-9-14-30(27)36)33(40)23-39(31-16-10-15-29(35)25(31)3)44(42,43)28-19-17-24(2)18-20-28/h5-20,32H,4,21-23H2,1-3H3,(H,37,41)/t32-/m0/s1. The van der Waals surface area contributed by atoms with Gasteiger partial charge < -0.3 is 10.2 Å². The van der Waals surface area contributed by atoms with Crippen LogP contribution in [0, 0.1) is 13.8 Å². The van der Waals surface area contributed by atoms with E-state index >= 15 is 0 Å². The predicted octanol–water partition coefficient (Wildman–Crippen LogP) is 6.58. The molecule has 4 aromatic rings. The minimum atomic E-state index is -4.23. The van der Waals surface area contributed by atoms with E-state index in [-0.39, 0.29) is 29.5 Å². The lowest BCUT2D eigenvalue weighted by molar-refractivity contribution is -0.140. The fourth-order valence-electron chi connectivity index (χ4n) is 4.87. The smallest absolute Gasteiger partial charge is 0.264 e. The normalized spacial score (nSPS) is 11.9. The summed E-state index contributed by atoms with van der Waals surface area (Å²) in [6.07, 6.45) is 0.212. The zero-order valence-electron chi connectivity index (χ0n) is 24.8. The van der Waals surface area contributed by atoms with Gasteiger partial charge in [0.1, 0.15) is 12.6 Å². The predicted molar refractivity (Wildman–Crippen MR) is 177 cm³/mol. The number of aryl methyl sites for hydroxylation is 1. The van der Waals surface area contributed by atoms with Gasteiger partial charge in [0.25, 0.3) is 10.0 Å². The van der Waals surface area contributed by atoms with Crippen LogP contribution in [-0.4, -0.2) is 44.3 Å². The van der Waals surface area contributed by atoms with Gasteiger partial charge in [-0.25, -0.2) is 8.42 Å². The molecule has 0 spiro atoms. The molecule has 0 fully saturated rings. The number of likely N-dealkylation sites (N-methyl/N-ethyl adjacent to an activating group) is 1. The number of sulfonamides is 1. The van der Waals surface area contributed by atoms with Crippen molar-refractivity contribution < 1.29 is 18.0 Å². The Morgan fingerprint density at radius 1 is 0.818 bits per heavy atom. The van der Waals surface area contributed by atoms with E-state index in [9.17, 15) is 18.0 Å². The third-order valence-electron chi connectivity index (χ3n) is 7.32. The Morgan fingerprint density at radius 2 is 1.45 bits per heavy atom. The van der Waals surface area contributed by atoms with Crippen LogP contribution in [0.15, 0.2) is 102 Å². The van der Waals surface area contributed by atoms with Crippen molar-refractivity contribution in [2.24, 2.45) is 0 Å². The number of nitrogens with one attached hydrogen (secondary N) is 1. The molecule has 0 bridgehead atoms. The van der Waals surface area contributed by atoms with Crippen LogP contribution >= 0.6 is 23.2 Å². The third kappa shape index (κ3) is 7.80. The number of halogens is 2. The molecule has 0 radical (unpaired) electrons. The molecule has 1 N–H and O–H groups in total. The molecule has 44 heavy (non-hydrogen) atoms. The molecule has 0 unspecified atom stereocenters.